The minimum absolute atomic E-state index is 0.0508. The van der Waals surface area contributed by atoms with Gasteiger partial charge < -0.3 is 20.1 Å². The maximum Gasteiger partial charge on any atom is 0.253 e. The van der Waals surface area contributed by atoms with E-state index in [9.17, 15) is 14.4 Å². The summed E-state index contributed by atoms with van der Waals surface area (Å²) in [5.74, 6) is -0.271. The first-order chi connectivity index (χ1) is 21.7. The van der Waals surface area contributed by atoms with Crippen LogP contribution in [0.3, 0.4) is 0 Å². The van der Waals surface area contributed by atoms with Gasteiger partial charge in [-0.2, -0.15) is 0 Å². The van der Waals surface area contributed by atoms with E-state index in [0.717, 1.165) is 66.2 Å². The van der Waals surface area contributed by atoms with Crippen LogP contribution in [0.1, 0.15) is 70.9 Å². The van der Waals surface area contributed by atoms with E-state index in [1.54, 1.807) is 0 Å². The summed E-state index contributed by atoms with van der Waals surface area (Å²) in [7, 11) is 0. The van der Waals surface area contributed by atoms with E-state index in [0.29, 0.717) is 24.2 Å². The molecule has 45 heavy (non-hydrogen) atoms. The number of aromatic nitrogens is 1. The lowest BCUT2D eigenvalue weighted by Crippen LogP contribution is -2.39. The van der Waals surface area contributed by atoms with Crippen molar-refractivity contribution in [3.63, 3.8) is 0 Å². The lowest BCUT2D eigenvalue weighted by atomic mass is 9.95. The van der Waals surface area contributed by atoms with Crippen molar-refractivity contribution in [1.29, 1.82) is 0 Å². The zero-order valence-electron chi connectivity index (χ0n) is 27.2. The number of piperidine rings is 1. The predicted molar refractivity (Wildman–Crippen MR) is 182 cm³/mol. The highest BCUT2D eigenvalue weighted by Gasteiger charge is 2.31. The van der Waals surface area contributed by atoms with E-state index < -0.39 is 0 Å². The molecule has 8 nitrogen and oxygen atoms in total. The van der Waals surface area contributed by atoms with Crippen LogP contribution in [0.25, 0.3) is 11.1 Å². The van der Waals surface area contributed by atoms with Gasteiger partial charge in [-0.25, -0.2) is 0 Å². The summed E-state index contributed by atoms with van der Waals surface area (Å²) in [4.78, 5) is 48.4. The van der Waals surface area contributed by atoms with Crippen molar-refractivity contribution in [3.05, 3.63) is 99.0 Å². The number of H-pyrrole nitrogens is 1. The third-order valence-corrected chi connectivity index (χ3v) is 9.43. The Kier molecular flexibility index (Phi) is 10.2. The third-order valence-electron chi connectivity index (χ3n) is 9.43. The van der Waals surface area contributed by atoms with Crippen molar-refractivity contribution in [3.8, 4) is 11.1 Å². The summed E-state index contributed by atoms with van der Waals surface area (Å²) < 4.78 is 0. The Labute approximate surface area is 267 Å². The van der Waals surface area contributed by atoms with Gasteiger partial charge in [-0.1, -0.05) is 37.3 Å². The molecule has 0 bridgehead atoms. The summed E-state index contributed by atoms with van der Waals surface area (Å²) >= 11 is 0. The molecular formula is C37H47N5O3. The topological polar surface area (TPSA) is 88.8 Å². The Morgan fingerprint density at radius 3 is 2.42 bits per heavy atom. The van der Waals surface area contributed by atoms with Crippen LogP contribution in [0.5, 0.6) is 0 Å². The van der Waals surface area contributed by atoms with Gasteiger partial charge in [0.15, 0.2) is 0 Å². The first kappa shape index (κ1) is 32.2. The van der Waals surface area contributed by atoms with Gasteiger partial charge in [0.2, 0.25) is 5.91 Å². The molecule has 5 rings (SSSR count). The van der Waals surface area contributed by atoms with E-state index in [1.807, 2.05) is 37.8 Å². The molecule has 2 amide bonds. The molecule has 0 radical (unpaired) electrons. The van der Waals surface area contributed by atoms with Gasteiger partial charge in [0.1, 0.15) is 0 Å². The number of nitrogens with one attached hydrogen (secondary N) is 2. The van der Waals surface area contributed by atoms with Gasteiger partial charge in [0, 0.05) is 61.3 Å². The lowest BCUT2D eigenvalue weighted by molar-refractivity contribution is -0.125. The van der Waals surface area contributed by atoms with Gasteiger partial charge in [-0.3, -0.25) is 19.3 Å². The average molecular weight is 610 g/mol. The quantitative estimate of drug-likeness (QED) is 0.297. The number of benzene rings is 2. The highest BCUT2D eigenvalue weighted by molar-refractivity contribution is 5.99. The summed E-state index contributed by atoms with van der Waals surface area (Å²) in [6.07, 6.45) is 6.07. The van der Waals surface area contributed by atoms with E-state index in [1.165, 1.54) is 30.9 Å². The second kappa shape index (κ2) is 14.3. The molecule has 0 saturated carbocycles. The van der Waals surface area contributed by atoms with Crippen molar-refractivity contribution < 1.29 is 9.59 Å². The van der Waals surface area contributed by atoms with Crippen LogP contribution in [0, 0.1) is 20.8 Å². The van der Waals surface area contributed by atoms with Gasteiger partial charge in [-0.05, 0) is 112 Å². The first-order valence-corrected chi connectivity index (χ1v) is 16.3. The first-order valence-electron chi connectivity index (χ1n) is 16.3. The number of aryl methyl sites for hydroxylation is 2. The minimum Gasteiger partial charge on any atom is -0.367 e. The molecule has 0 aliphatic carbocycles. The number of carbonyl (C=O) groups is 2. The third kappa shape index (κ3) is 7.39. The van der Waals surface area contributed by atoms with Crippen LogP contribution in [0.2, 0.25) is 0 Å². The smallest absolute Gasteiger partial charge is 0.253 e. The Morgan fingerprint density at radius 1 is 1.02 bits per heavy atom. The van der Waals surface area contributed by atoms with E-state index in [2.05, 4.69) is 63.9 Å². The zero-order valence-corrected chi connectivity index (χ0v) is 27.2. The van der Waals surface area contributed by atoms with Crippen molar-refractivity contribution in [1.82, 2.24) is 20.1 Å². The highest BCUT2D eigenvalue weighted by atomic mass is 16.2. The molecule has 238 valence electrons. The van der Waals surface area contributed by atoms with Crippen LogP contribution in [0.15, 0.2) is 59.9 Å². The minimum atomic E-state index is -0.220. The monoisotopic (exact) mass is 609 g/mol. The predicted octanol–water partition coefficient (Wildman–Crippen LogP) is 5.50. The Balaban J connectivity index is 1.47. The molecule has 3 aromatic rings. The van der Waals surface area contributed by atoms with E-state index in [4.69, 9.17) is 0 Å². The summed E-state index contributed by atoms with van der Waals surface area (Å²) in [5.41, 5.74) is 7.76. The number of amides is 2. The standard InChI is InChI=1S/C37H47N5O3/c1-6-35(43)41-18-15-31(24-41)42(7-2)34-21-30(29-13-11-28(12-14-29)23-40-16-9-8-10-17-40)20-32(27(34)5)36(44)38-22-33-25(3)19-26(4)39-37(33)45/h6,11-14,19-21,31H,1,7-10,15-18,22-24H2,2-5H3,(H,38,44)(H,39,45). The van der Waals surface area contributed by atoms with E-state index >= 15 is 0 Å². The number of rotatable bonds is 10. The van der Waals surface area contributed by atoms with Crippen molar-refractivity contribution in [2.24, 2.45) is 0 Å². The molecule has 2 aromatic carbocycles. The fourth-order valence-corrected chi connectivity index (χ4v) is 6.89. The second-order valence-electron chi connectivity index (χ2n) is 12.5. The number of carbonyl (C=O) groups excluding carboxylic acids is 2. The number of pyridine rings is 1. The molecule has 2 N–H and O–H groups in total. The molecule has 1 unspecified atom stereocenters. The number of hydrogen-bond acceptors (Lipinski definition) is 5. The van der Waals surface area contributed by atoms with Crippen molar-refractivity contribution in [2.75, 3.05) is 37.6 Å². The molecule has 0 spiro atoms. The van der Waals surface area contributed by atoms with Crippen molar-refractivity contribution >= 4 is 17.5 Å². The number of anilines is 1. The zero-order chi connectivity index (χ0) is 32.1. The molecule has 1 aromatic heterocycles. The molecule has 2 saturated heterocycles. The molecule has 3 heterocycles. The van der Waals surface area contributed by atoms with Crippen LogP contribution < -0.4 is 15.8 Å². The van der Waals surface area contributed by atoms with Gasteiger partial charge in [0.25, 0.3) is 11.5 Å². The Morgan fingerprint density at radius 2 is 1.76 bits per heavy atom. The van der Waals surface area contributed by atoms with E-state index in [-0.39, 0.29) is 30.0 Å². The lowest BCUT2D eigenvalue weighted by Gasteiger charge is -2.32. The fraction of sp³-hybridized carbons (Fsp3) is 0.432. The molecule has 2 aliphatic rings. The van der Waals surface area contributed by atoms with Gasteiger partial charge >= 0.3 is 0 Å². The molecule has 8 heteroatoms. The number of likely N-dealkylation sites (N-methyl/N-ethyl adjacent to an activating group) is 1. The van der Waals surface area contributed by atoms with Crippen LogP contribution in [0.4, 0.5) is 5.69 Å². The number of nitrogens with zero attached hydrogens (tertiary/aromatic N) is 3. The van der Waals surface area contributed by atoms with Crippen LogP contribution in [-0.2, 0) is 17.9 Å². The van der Waals surface area contributed by atoms with Gasteiger partial charge in [0.05, 0.1) is 0 Å². The Bertz CT molecular complexity index is 1600. The Hall–Kier alpha value is -4.17. The number of aromatic amines is 1. The number of hydrogen-bond donors (Lipinski definition) is 2. The summed E-state index contributed by atoms with van der Waals surface area (Å²) in [6, 6.07) is 14.9. The van der Waals surface area contributed by atoms with Gasteiger partial charge in [-0.15, -0.1) is 0 Å². The highest BCUT2D eigenvalue weighted by Crippen LogP contribution is 2.34. The molecule has 2 fully saturated rings. The normalized spacial score (nSPS) is 16.9. The maximum absolute atomic E-state index is 13.8. The summed E-state index contributed by atoms with van der Waals surface area (Å²) in [6.45, 7) is 16.9. The number of likely N-dealkylation sites (tertiary alicyclic amines) is 2. The molecular weight excluding hydrogens is 562 g/mol. The second-order valence-corrected chi connectivity index (χ2v) is 12.5. The average Bonchev–Trinajstić information content (AvgIpc) is 3.52. The fourth-order valence-electron chi connectivity index (χ4n) is 6.89. The SMILES string of the molecule is C=CC(=O)N1CCC(N(CC)c2cc(-c3ccc(CN4CCCCC4)cc3)cc(C(=O)NCc3c(C)cc(C)[nH]c3=O)c2C)C1. The summed E-state index contributed by atoms with van der Waals surface area (Å²) in [5, 5.41) is 3.03. The van der Waals surface area contributed by atoms with Crippen LogP contribution in [-0.4, -0.2) is 65.4 Å². The maximum atomic E-state index is 13.8. The molecule has 2 aliphatic heterocycles. The molecule has 1 atom stereocenters. The largest absolute Gasteiger partial charge is 0.367 e. The van der Waals surface area contributed by atoms with Crippen molar-refractivity contribution in [2.45, 2.75) is 72.5 Å². The van der Waals surface area contributed by atoms with Crippen LogP contribution >= 0.6 is 0 Å².